The van der Waals surface area contributed by atoms with Crippen LogP contribution in [0, 0.1) is 0 Å². The van der Waals surface area contributed by atoms with Crippen LogP contribution in [0.4, 0.5) is 0 Å². The van der Waals surface area contributed by atoms with Gasteiger partial charge in [-0.05, 0) is 42.5 Å². The van der Waals surface area contributed by atoms with E-state index in [0.29, 0.717) is 23.9 Å². The molecule has 4 amide bonds. The van der Waals surface area contributed by atoms with Gasteiger partial charge in [0.1, 0.15) is 23.9 Å². The molecule has 4 atom stereocenters. The normalized spacial score (nSPS) is 13.9. The Labute approximate surface area is 264 Å². The number of aromatic hydroxyl groups is 1. The van der Waals surface area contributed by atoms with E-state index in [4.69, 9.17) is 22.9 Å². The molecule has 0 aliphatic heterocycles. The Bertz CT molecular complexity index is 1290. The van der Waals surface area contributed by atoms with Crippen LogP contribution in [-0.2, 0) is 32.0 Å². The standard InChI is InChI=1S/C31H47N9O5/c1-40(2,3)17-15-24(27(33)42)37-30(45)26(19-20-8-5-4-6-9-20)39-29(44)25(10-7-16-36-31(34)35)38-28(43)23(32)18-21-11-13-22(41)14-12-21/h4-6,8-9,11-14,23-26H,7,10,15-19,32H2,1-3H3,(H9-,33,34,35,36,37,38,39,41,42,43,44,45)/p+1/t23-,24-,25-,26-/m0/s1. The highest BCUT2D eigenvalue weighted by Crippen LogP contribution is 2.12. The molecule has 0 aliphatic carbocycles. The van der Waals surface area contributed by atoms with Gasteiger partial charge in [-0.15, -0.1) is 0 Å². The number of quaternary nitrogens is 1. The Morgan fingerprint density at radius 2 is 1.31 bits per heavy atom. The van der Waals surface area contributed by atoms with E-state index in [9.17, 15) is 24.3 Å². The molecule has 0 saturated heterocycles. The molecule has 45 heavy (non-hydrogen) atoms. The molecule has 0 radical (unpaired) electrons. The summed E-state index contributed by atoms with van der Waals surface area (Å²) in [6.45, 7) is 0.778. The van der Waals surface area contributed by atoms with Crippen LogP contribution in [0.2, 0.25) is 0 Å². The Morgan fingerprint density at radius 1 is 0.756 bits per heavy atom. The largest absolute Gasteiger partial charge is 0.508 e. The number of hydrogen-bond donors (Lipinski definition) is 8. The van der Waals surface area contributed by atoms with Gasteiger partial charge in [-0.1, -0.05) is 42.5 Å². The number of guanidine groups is 1. The number of nitrogens with one attached hydrogen (secondary N) is 3. The summed E-state index contributed by atoms with van der Waals surface area (Å²) in [5.74, 6) is -2.50. The lowest BCUT2D eigenvalue weighted by molar-refractivity contribution is -0.870. The summed E-state index contributed by atoms with van der Waals surface area (Å²) in [5.41, 5.74) is 24.1. The van der Waals surface area contributed by atoms with Crippen LogP contribution in [0.3, 0.4) is 0 Å². The maximum atomic E-state index is 13.7. The highest BCUT2D eigenvalue weighted by atomic mass is 16.3. The van der Waals surface area contributed by atoms with E-state index in [1.807, 2.05) is 51.5 Å². The Morgan fingerprint density at radius 3 is 1.89 bits per heavy atom. The fraction of sp³-hybridized carbons (Fsp3) is 0.452. The second-order valence-corrected chi connectivity index (χ2v) is 12.0. The summed E-state index contributed by atoms with van der Waals surface area (Å²) in [6, 6.07) is 11.2. The molecule has 14 nitrogen and oxygen atoms in total. The van der Waals surface area contributed by atoms with E-state index >= 15 is 0 Å². The number of phenolic OH excluding ortho intramolecular Hbond substituents is 1. The van der Waals surface area contributed by atoms with Crippen molar-refractivity contribution in [1.82, 2.24) is 16.0 Å². The number of carbonyl (C=O) groups is 4. The van der Waals surface area contributed by atoms with Gasteiger partial charge >= 0.3 is 0 Å². The second kappa shape index (κ2) is 17.6. The van der Waals surface area contributed by atoms with E-state index in [2.05, 4.69) is 20.9 Å². The molecule has 0 unspecified atom stereocenters. The molecule has 0 aromatic heterocycles. The quantitative estimate of drug-likeness (QED) is 0.0422. The number of nitrogens with two attached hydrogens (primary N) is 4. The molecule has 14 heteroatoms. The summed E-state index contributed by atoms with van der Waals surface area (Å²) in [5, 5.41) is 17.7. The summed E-state index contributed by atoms with van der Waals surface area (Å²) in [7, 11) is 5.86. The number of phenols is 1. The van der Waals surface area contributed by atoms with Gasteiger partial charge in [-0.2, -0.15) is 0 Å². The first-order chi connectivity index (χ1) is 21.1. The fourth-order valence-corrected chi connectivity index (χ4v) is 4.44. The van der Waals surface area contributed by atoms with Crippen LogP contribution in [0.5, 0.6) is 5.75 Å². The third-order valence-electron chi connectivity index (χ3n) is 6.97. The fourth-order valence-electron chi connectivity index (χ4n) is 4.44. The van der Waals surface area contributed by atoms with Crippen molar-refractivity contribution in [2.75, 3.05) is 34.2 Å². The molecule has 2 rings (SSSR count). The summed E-state index contributed by atoms with van der Waals surface area (Å²) in [4.78, 5) is 56.4. The average Bonchev–Trinajstić information content (AvgIpc) is 2.97. The minimum absolute atomic E-state index is 0.0823. The highest BCUT2D eigenvalue weighted by molar-refractivity contribution is 5.94. The number of aliphatic imine (C=N–C) groups is 1. The third-order valence-corrected chi connectivity index (χ3v) is 6.97. The van der Waals surface area contributed by atoms with Gasteiger partial charge in [0.15, 0.2) is 5.96 Å². The van der Waals surface area contributed by atoms with Crippen molar-refractivity contribution in [2.24, 2.45) is 27.9 Å². The van der Waals surface area contributed by atoms with Crippen LogP contribution >= 0.6 is 0 Å². The van der Waals surface area contributed by atoms with Crippen molar-refractivity contribution in [3.05, 3.63) is 65.7 Å². The number of amides is 4. The van der Waals surface area contributed by atoms with Crippen molar-refractivity contribution in [2.45, 2.75) is 56.3 Å². The first-order valence-electron chi connectivity index (χ1n) is 14.8. The topological polar surface area (TPSA) is 241 Å². The average molecular weight is 627 g/mol. The van der Waals surface area contributed by atoms with E-state index in [0.717, 1.165) is 11.1 Å². The Balaban J connectivity index is 2.25. The number of nitrogens with zero attached hydrogens (tertiary/aromatic N) is 2. The smallest absolute Gasteiger partial charge is 0.243 e. The molecular weight excluding hydrogens is 578 g/mol. The SMILES string of the molecule is C[N+](C)(C)CC[C@H](NC(=O)[C@H](Cc1ccccc1)NC(=O)[C@H](CCCN=C(N)N)NC(=O)[C@@H](N)Cc1ccc(O)cc1)C(N)=O. The number of rotatable bonds is 18. The summed E-state index contributed by atoms with van der Waals surface area (Å²) in [6.07, 6.45) is 1.07. The van der Waals surface area contributed by atoms with Gasteiger partial charge in [0.25, 0.3) is 0 Å². The minimum Gasteiger partial charge on any atom is -0.508 e. The van der Waals surface area contributed by atoms with Crippen molar-refractivity contribution in [1.29, 1.82) is 0 Å². The molecule has 0 bridgehead atoms. The molecule has 2 aromatic carbocycles. The van der Waals surface area contributed by atoms with Gasteiger partial charge < -0.3 is 48.5 Å². The van der Waals surface area contributed by atoms with Gasteiger partial charge in [-0.3, -0.25) is 24.2 Å². The molecule has 12 N–H and O–H groups in total. The summed E-state index contributed by atoms with van der Waals surface area (Å²) < 4.78 is 0.555. The predicted octanol–water partition coefficient (Wildman–Crippen LogP) is -1.41. The lowest BCUT2D eigenvalue weighted by Crippen LogP contribution is -2.58. The molecular formula is C31H48N9O5+. The van der Waals surface area contributed by atoms with E-state index in [-0.39, 0.29) is 37.5 Å². The van der Waals surface area contributed by atoms with Crippen LogP contribution in [0.15, 0.2) is 59.6 Å². The van der Waals surface area contributed by atoms with Crippen molar-refractivity contribution < 1.29 is 28.8 Å². The maximum absolute atomic E-state index is 13.7. The van der Waals surface area contributed by atoms with Crippen LogP contribution < -0.4 is 38.9 Å². The molecule has 2 aromatic rings. The van der Waals surface area contributed by atoms with Gasteiger partial charge in [-0.25, -0.2) is 0 Å². The first-order valence-corrected chi connectivity index (χ1v) is 14.8. The number of carbonyl (C=O) groups excluding carboxylic acids is 4. The van der Waals surface area contributed by atoms with Crippen molar-refractivity contribution in [3.63, 3.8) is 0 Å². The molecule has 0 fully saturated rings. The zero-order chi connectivity index (χ0) is 33.6. The second-order valence-electron chi connectivity index (χ2n) is 12.0. The Hall–Kier alpha value is -4.69. The number of hydrogen-bond acceptors (Lipinski definition) is 7. The third kappa shape index (κ3) is 14.1. The van der Waals surface area contributed by atoms with Crippen molar-refractivity contribution >= 4 is 29.6 Å². The first kappa shape index (κ1) is 36.5. The predicted molar refractivity (Wildman–Crippen MR) is 172 cm³/mol. The highest BCUT2D eigenvalue weighted by Gasteiger charge is 2.30. The Kier molecular flexibility index (Phi) is 14.2. The number of benzene rings is 2. The molecule has 0 aliphatic rings. The zero-order valence-corrected chi connectivity index (χ0v) is 26.2. The van der Waals surface area contributed by atoms with Crippen LogP contribution in [0.1, 0.15) is 30.4 Å². The van der Waals surface area contributed by atoms with E-state index in [1.54, 1.807) is 12.1 Å². The van der Waals surface area contributed by atoms with Crippen LogP contribution in [0.25, 0.3) is 0 Å². The van der Waals surface area contributed by atoms with Gasteiger partial charge in [0.2, 0.25) is 23.6 Å². The minimum atomic E-state index is -1.09. The van der Waals surface area contributed by atoms with Crippen LogP contribution in [-0.4, -0.2) is 97.6 Å². The molecule has 0 heterocycles. The molecule has 246 valence electrons. The molecule has 0 saturated carbocycles. The lowest BCUT2D eigenvalue weighted by atomic mass is 10.0. The number of primary amides is 1. The molecule has 0 spiro atoms. The summed E-state index contributed by atoms with van der Waals surface area (Å²) >= 11 is 0. The maximum Gasteiger partial charge on any atom is 0.243 e. The van der Waals surface area contributed by atoms with E-state index in [1.165, 1.54) is 12.1 Å². The zero-order valence-electron chi connectivity index (χ0n) is 26.2. The monoisotopic (exact) mass is 626 g/mol. The van der Waals surface area contributed by atoms with Gasteiger partial charge in [0, 0.05) is 19.4 Å². The van der Waals surface area contributed by atoms with Crippen molar-refractivity contribution in [3.8, 4) is 5.75 Å². The van der Waals surface area contributed by atoms with Gasteiger partial charge in [0.05, 0.1) is 33.7 Å². The van der Waals surface area contributed by atoms with E-state index < -0.39 is 47.8 Å². The lowest BCUT2D eigenvalue weighted by Gasteiger charge is -2.28.